The summed E-state index contributed by atoms with van der Waals surface area (Å²) in [6.07, 6.45) is 0. The van der Waals surface area contributed by atoms with Crippen LogP contribution in [0.1, 0.15) is 21.6 Å². The molecule has 0 radical (unpaired) electrons. The standard InChI is InChI=1S/C23H23ClN4O/c1-16-6-8-18(9-7-16)22-25-17(2)14-21(26-22)27-10-12-28(13-11-27)23(29)19-4-3-5-20(24)15-19/h3-9,14-15H,10-13H2,1-2H3. The van der Waals surface area contributed by atoms with Crippen molar-refractivity contribution in [2.24, 2.45) is 0 Å². The molecular weight excluding hydrogens is 384 g/mol. The van der Waals surface area contributed by atoms with E-state index in [1.807, 2.05) is 30.0 Å². The van der Waals surface area contributed by atoms with Gasteiger partial charge in [-0.1, -0.05) is 47.5 Å². The molecule has 0 aliphatic carbocycles. The van der Waals surface area contributed by atoms with E-state index in [1.54, 1.807) is 12.1 Å². The second-order valence-electron chi connectivity index (χ2n) is 7.35. The van der Waals surface area contributed by atoms with Gasteiger partial charge in [-0.05, 0) is 32.0 Å². The Morgan fingerprint density at radius 3 is 2.34 bits per heavy atom. The van der Waals surface area contributed by atoms with E-state index in [-0.39, 0.29) is 5.91 Å². The van der Waals surface area contributed by atoms with Crippen LogP contribution in [0.25, 0.3) is 11.4 Å². The summed E-state index contributed by atoms with van der Waals surface area (Å²) in [6.45, 7) is 6.81. The van der Waals surface area contributed by atoms with Gasteiger partial charge in [0.15, 0.2) is 5.82 Å². The largest absolute Gasteiger partial charge is 0.353 e. The monoisotopic (exact) mass is 406 g/mol. The summed E-state index contributed by atoms with van der Waals surface area (Å²) in [5.74, 6) is 1.66. The molecule has 1 fully saturated rings. The second kappa shape index (κ2) is 8.21. The maximum absolute atomic E-state index is 12.7. The highest BCUT2D eigenvalue weighted by Crippen LogP contribution is 2.22. The van der Waals surface area contributed by atoms with Crippen LogP contribution in [-0.2, 0) is 0 Å². The van der Waals surface area contributed by atoms with Crippen LogP contribution in [0.2, 0.25) is 5.02 Å². The van der Waals surface area contributed by atoms with Crippen molar-refractivity contribution in [3.8, 4) is 11.4 Å². The summed E-state index contributed by atoms with van der Waals surface area (Å²) in [6, 6.07) is 17.4. The Hall–Kier alpha value is -2.92. The van der Waals surface area contributed by atoms with E-state index in [4.69, 9.17) is 16.6 Å². The summed E-state index contributed by atoms with van der Waals surface area (Å²) < 4.78 is 0. The van der Waals surface area contributed by atoms with Crippen LogP contribution in [0.15, 0.2) is 54.6 Å². The average Bonchev–Trinajstić information content (AvgIpc) is 2.73. The van der Waals surface area contributed by atoms with Gasteiger partial charge in [-0.15, -0.1) is 0 Å². The predicted molar refractivity (Wildman–Crippen MR) is 117 cm³/mol. The third-order valence-electron chi connectivity index (χ3n) is 5.11. The van der Waals surface area contributed by atoms with Crippen LogP contribution < -0.4 is 4.90 Å². The molecule has 29 heavy (non-hydrogen) atoms. The topological polar surface area (TPSA) is 49.3 Å². The molecule has 4 rings (SSSR count). The number of piperazine rings is 1. The number of halogens is 1. The first-order chi connectivity index (χ1) is 14.0. The Labute approximate surface area is 176 Å². The molecule has 1 saturated heterocycles. The van der Waals surface area contributed by atoms with Gasteiger partial charge in [0, 0.05) is 54.1 Å². The first-order valence-corrected chi connectivity index (χ1v) is 10.1. The lowest BCUT2D eigenvalue weighted by Crippen LogP contribution is -2.49. The molecule has 2 aromatic carbocycles. The molecule has 1 aromatic heterocycles. The Bertz CT molecular complexity index is 1030. The Balaban J connectivity index is 1.48. The molecule has 0 N–H and O–H groups in total. The molecule has 1 aliphatic rings. The zero-order valence-corrected chi connectivity index (χ0v) is 17.4. The molecule has 0 bridgehead atoms. The Morgan fingerprint density at radius 2 is 1.66 bits per heavy atom. The molecule has 2 heterocycles. The van der Waals surface area contributed by atoms with Crippen LogP contribution >= 0.6 is 11.6 Å². The molecule has 0 saturated carbocycles. The summed E-state index contributed by atoms with van der Waals surface area (Å²) in [4.78, 5) is 26.2. The van der Waals surface area contributed by atoms with Gasteiger partial charge in [0.1, 0.15) is 5.82 Å². The van der Waals surface area contributed by atoms with E-state index in [0.717, 1.165) is 36.0 Å². The number of anilines is 1. The number of carbonyl (C=O) groups is 1. The van der Waals surface area contributed by atoms with Crippen LogP contribution in [0.4, 0.5) is 5.82 Å². The SMILES string of the molecule is Cc1ccc(-c2nc(C)cc(N3CCN(C(=O)c4cccc(Cl)c4)CC3)n2)cc1. The third-order valence-corrected chi connectivity index (χ3v) is 5.35. The van der Waals surface area contributed by atoms with Crippen molar-refractivity contribution in [2.45, 2.75) is 13.8 Å². The summed E-state index contributed by atoms with van der Waals surface area (Å²) >= 11 is 6.03. The number of hydrogen-bond acceptors (Lipinski definition) is 4. The van der Waals surface area contributed by atoms with E-state index in [0.29, 0.717) is 23.7 Å². The molecule has 0 atom stereocenters. The van der Waals surface area contributed by atoms with Crippen LogP contribution in [-0.4, -0.2) is 47.0 Å². The number of hydrogen-bond donors (Lipinski definition) is 0. The number of benzene rings is 2. The average molecular weight is 407 g/mol. The van der Waals surface area contributed by atoms with Crippen LogP contribution in [0.5, 0.6) is 0 Å². The fraction of sp³-hybridized carbons (Fsp3) is 0.261. The van der Waals surface area contributed by atoms with E-state index in [1.165, 1.54) is 5.56 Å². The third kappa shape index (κ3) is 4.40. The quantitative estimate of drug-likeness (QED) is 0.647. The second-order valence-corrected chi connectivity index (χ2v) is 7.78. The van der Waals surface area contributed by atoms with Crippen molar-refractivity contribution < 1.29 is 4.79 Å². The molecule has 1 aliphatic heterocycles. The highest BCUT2D eigenvalue weighted by Gasteiger charge is 2.23. The number of nitrogens with zero attached hydrogens (tertiary/aromatic N) is 4. The highest BCUT2D eigenvalue weighted by atomic mass is 35.5. The molecular formula is C23H23ClN4O. The minimum atomic E-state index is 0.0198. The maximum atomic E-state index is 12.7. The van der Waals surface area contributed by atoms with Gasteiger partial charge in [-0.25, -0.2) is 9.97 Å². The number of amides is 1. The minimum absolute atomic E-state index is 0.0198. The van der Waals surface area contributed by atoms with Gasteiger partial charge in [0.05, 0.1) is 0 Å². The van der Waals surface area contributed by atoms with Crippen molar-refractivity contribution in [3.63, 3.8) is 0 Å². The van der Waals surface area contributed by atoms with Crippen molar-refractivity contribution in [1.29, 1.82) is 0 Å². The van der Waals surface area contributed by atoms with Crippen molar-refractivity contribution in [2.75, 3.05) is 31.1 Å². The summed E-state index contributed by atoms with van der Waals surface area (Å²) in [5, 5.41) is 0.578. The van der Waals surface area contributed by atoms with E-state index in [2.05, 4.69) is 41.1 Å². The first kappa shape index (κ1) is 19.4. The molecule has 0 spiro atoms. The Morgan fingerprint density at radius 1 is 0.931 bits per heavy atom. The van der Waals surface area contributed by atoms with Crippen molar-refractivity contribution in [1.82, 2.24) is 14.9 Å². The molecule has 6 heteroatoms. The van der Waals surface area contributed by atoms with Gasteiger partial charge in [0.25, 0.3) is 5.91 Å². The van der Waals surface area contributed by atoms with Gasteiger partial charge in [-0.3, -0.25) is 4.79 Å². The zero-order chi connectivity index (χ0) is 20.4. The van der Waals surface area contributed by atoms with Crippen LogP contribution in [0.3, 0.4) is 0 Å². The van der Waals surface area contributed by atoms with E-state index in [9.17, 15) is 4.79 Å². The predicted octanol–water partition coefficient (Wildman–Crippen LogP) is 4.38. The fourth-order valence-corrected chi connectivity index (χ4v) is 3.68. The van der Waals surface area contributed by atoms with Crippen LogP contribution in [0, 0.1) is 13.8 Å². The smallest absolute Gasteiger partial charge is 0.254 e. The number of aryl methyl sites for hydroxylation is 2. The van der Waals surface area contributed by atoms with Gasteiger partial charge >= 0.3 is 0 Å². The molecule has 148 valence electrons. The molecule has 3 aromatic rings. The fourth-order valence-electron chi connectivity index (χ4n) is 3.49. The van der Waals surface area contributed by atoms with Gasteiger partial charge in [0.2, 0.25) is 0 Å². The molecule has 5 nitrogen and oxygen atoms in total. The molecule has 0 unspecified atom stereocenters. The maximum Gasteiger partial charge on any atom is 0.254 e. The Kier molecular flexibility index (Phi) is 5.49. The summed E-state index contributed by atoms with van der Waals surface area (Å²) in [7, 11) is 0. The lowest BCUT2D eigenvalue weighted by Gasteiger charge is -2.35. The van der Waals surface area contributed by atoms with E-state index < -0.39 is 0 Å². The normalized spacial score (nSPS) is 14.2. The number of aromatic nitrogens is 2. The van der Waals surface area contributed by atoms with Gasteiger partial charge in [-0.2, -0.15) is 0 Å². The zero-order valence-electron chi connectivity index (χ0n) is 16.6. The highest BCUT2D eigenvalue weighted by molar-refractivity contribution is 6.30. The van der Waals surface area contributed by atoms with Crippen molar-refractivity contribution >= 4 is 23.3 Å². The lowest BCUT2D eigenvalue weighted by atomic mass is 10.1. The molecule has 1 amide bonds. The van der Waals surface area contributed by atoms with Gasteiger partial charge < -0.3 is 9.80 Å². The number of rotatable bonds is 3. The van der Waals surface area contributed by atoms with E-state index >= 15 is 0 Å². The lowest BCUT2D eigenvalue weighted by molar-refractivity contribution is 0.0746. The number of carbonyl (C=O) groups excluding carboxylic acids is 1. The first-order valence-electron chi connectivity index (χ1n) is 9.72. The minimum Gasteiger partial charge on any atom is -0.353 e. The summed E-state index contributed by atoms with van der Waals surface area (Å²) in [5.41, 5.74) is 3.78. The van der Waals surface area contributed by atoms with Crippen molar-refractivity contribution in [3.05, 3.63) is 76.4 Å².